The average molecular weight is 500 g/mol. The van der Waals surface area contributed by atoms with Gasteiger partial charge in [0.2, 0.25) is 5.91 Å². The number of amides is 2. The Morgan fingerprint density at radius 2 is 1.86 bits per heavy atom. The van der Waals surface area contributed by atoms with Crippen molar-refractivity contribution in [3.63, 3.8) is 0 Å². The Morgan fingerprint density at radius 1 is 1.14 bits per heavy atom. The number of carbonyl (C=O) groups is 2. The van der Waals surface area contributed by atoms with Crippen molar-refractivity contribution in [1.82, 2.24) is 15.2 Å². The second-order valence-corrected chi connectivity index (χ2v) is 9.45. The summed E-state index contributed by atoms with van der Waals surface area (Å²) in [5.74, 6) is -0.509. The van der Waals surface area contributed by atoms with E-state index in [9.17, 15) is 22.8 Å². The molecule has 4 rings (SSSR count). The van der Waals surface area contributed by atoms with E-state index >= 15 is 0 Å². The quantitative estimate of drug-likeness (QED) is 0.694. The average Bonchev–Trinajstić information content (AvgIpc) is 3.33. The Morgan fingerprint density at radius 3 is 2.44 bits per heavy atom. The first-order valence-corrected chi connectivity index (χ1v) is 11.9. The van der Waals surface area contributed by atoms with Gasteiger partial charge in [-0.15, -0.1) is 0 Å². The van der Waals surface area contributed by atoms with E-state index in [1.807, 2.05) is 6.92 Å². The number of halogens is 3. The van der Waals surface area contributed by atoms with Crippen molar-refractivity contribution in [2.45, 2.75) is 25.9 Å². The van der Waals surface area contributed by atoms with Crippen LogP contribution in [0.2, 0.25) is 0 Å². The third-order valence-electron chi connectivity index (χ3n) is 7.33. The number of pyridine rings is 1. The molecule has 0 unspecified atom stereocenters. The monoisotopic (exact) mass is 499 g/mol. The minimum Gasteiger partial charge on any atom is -0.370 e. The molecular formula is C26H28F3N5O2. The van der Waals surface area contributed by atoms with E-state index in [1.54, 1.807) is 41.2 Å². The molecule has 0 radical (unpaired) electrons. The second kappa shape index (κ2) is 10.2. The van der Waals surface area contributed by atoms with E-state index in [1.165, 1.54) is 12.1 Å². The number of piperidine rings is 1. The van der Waals surface area contributed by atoms with Crippen molar-refractivity contribution in [3.8, 4) is 6.07 Å². The molecule has 0 saturated carbocycles. The summed E-state index contributed by atoms with van der Waals surface area (Å²) in [4.78, 5) is 33.4. The second-order valence-electron chi connectivity index (χ2n) is 9.45. The molecule has 1 aromatic heterocycles. The van der Waals surface area contributed by atoms with Gasteiger partial charge in [0.1, 0.15) is 0 Å². The predicted octanol–water partition coefficient (Wildman–Crippen LogP) is 3.63. The lowest BCUT2D eigenvalue weighted by Gasteiger charge is -2.36. The van der Waals surface area contributed by atoms with Crippen LogP contribution in [0.3, 0.4) is 0 Å². The van der Waals surface area contributed by atoms with Crippen LogP contribution in [-0.4, -0.2) is 54.9 Å². The maximum absolute atomic E-state index is 13.5. The predicted molar refractivity (Wildman–Crippen MR) is 127 cm³/mol. The van der Waals surface area contributed by atoms with Gasteiger partial charge in [-0.25, -0.2) is 0 Å². The van der Waals surface area contributed by atoms with Crippen LogP contribution in [0.25, 0.3) is 0 Å². The van der Waals surface area contributed by atoms with E-state index in [-0.39, 0.29) is 29.6 Å². The molecule has 2 aliphatic rings. The maximum Gasteiger partial charge on any atom is 0.417 e. The van der Waals surface area contributed by atoms with E-state index in [4.69, 9.17) is 5.26 Å². The highest BCUT2D eigenvalue weighted by Crippen LogP contribution is 2.40. The number of rotatable bonds is 4. The standard InChI is InChI=1S/C26H28F3N5O2/c1-16-3-4-19(13-32-16)25(36)33-9-7-17(8-10-33)21-14-34(15-22(21)24(35)31-2)20-6-5-18(12-30)23(11-20)26(27,28)29/h3-6,11,13,17,21-22H,7-10,14-15H2,1-2H3,(H,31,35)/t21-,22+/m0/s1. The Hall–Kier alpha value is -3.61. The summed E-state index contributed by atoms with van der Waals surface area (Å²) in [6.07, 6.45) is -1.66. The molecule has 2 saturated heterocycles. The van der Waals surface area contributed by atoms with E-state index in [0.717, 1.165) is 11.8 Å². The van der Waals surface area contributed by atoms with E-state index in [0.29, 0.717) is 50.3 Å². The van der Waals surface area contributed by atoms with Gasteiger partial charge in [-0.05, 0) is 61.9 Å². The molecule has 0 bridgehead atoms. The maximum atomic E-state index is 13.5. The zero-order valence-electron chi connectivity index (χ0n) is 20.2. The number of hydrogen-bond donors (Lipinski definition) is 1. The Kier molecular flexibility index (Phi) is 7.20. The molecule has 1 aromatic carbocycles. The molecule has 2 aromatic rings. The zero-order valence-corrected chi connectivity index (χ0v) is 20.2. The molecule has 2 amide bonds. The number of aryl methyl sites for hydroxylation is 1. The third kappa shape index (κ3) is 5.15. The van der Waals surface area contributed by atoms with Gasteiger partial charge >= 0.3 is 6.18 Å². The van der Waals surface area contributed by atoms with E-state index < -0.39 is 17.3 Å². The first-order chi connectivity index (χ1) is 17.1. The van der Waals surface area contributed by atoms with Crippen molar-refractivity contribution >= 4 is 17.5 Å². The number of nitrogens with one attached hydrogen (secondary N) is 1. The van der Waals surface area contributed by atoms with Gasteiger partial charge in [0, 0.05) is 50.8 Å². The number of carbonyl (C=O) groups excluding carboxylic acids is 2. The number of benzene rings is 1. The van der Waals surface area contributed by atoms with Crippen LogP contribution in [0.1, 0.15) is 40.0 Å². The number of likely N-dealkylation sites (tertiary alicyclic amines) is 1. The molecule has 0 spiro atoms. The Bertz CT molecular complexity index is 1170. The Labute approximate surface area is 207 Å². The van der Waals surface area contributed by atoms with Gasteiger partial charge < -0.3 is 15.1 Å². The van der Waals surface area contributed by atoms with Crippen molar-refractivity contribution in [1.29, 1.82) is 5.26 Å². The van der Waals surface area contributed by atoms with Gasteiger partial charge in [0.15, 0.2) is 0 Å². The minimum absolute atomic E-state index is 0.0618. The first-order valence-electron chi connectivity index (χ1n) is 11.9. The molecule has 7 nitrogen and oxygen atoms in total. The fourth-order valence-electron chi connectivity index (χ4n) is 5.35. The Balaban J connectivity index is 1.49. The normalized spacial score (nSPS) is 20.8. The van der Waals surface area contributed by atoms with Gasteiger partial charge in [-0.1, -0.05) is 0 Å². The zero-order chi connectivity index (χ0) is 26.0. The minimum atomic E-state index is -4.65. The molecule has 10 heteroatoms. The van der Waals surface area contributed by atoms with Crippen LogP contribution in [0, 0.1) is 36.0 Å². The summed E-state index contributed by atoms with van der Waals surface area (Å²) >= 11 is 0. The number of alkyl halides is 3. The molecule has 36 heavy (non-hydrogen) atoms. The lowest BCUT2D eigenvalue weighted by Crippen LogP contribution is -2.43. The van der Waals surface area contributed by atoms with Gasteiger partial charge in [0.05, 0.1) is 28.7 Å². The molecule has 2 fully saturated rings. The van der Waals surface area contributed by atoms with Crippen LogP contribution in [0.5, 0.6) is 0 Å². The van der Waals surface area contributed by atoms with Crippen molar-refractivity contribution in [2.24, 2.45) is 17.8 Å². The summed E-state index contributed by atoms with van der Waals surface area (Å²) in [5, 5.41) is 11.8. The van der Waals surface area contributed by atoms with Crippen LogP contribution >= 0.6 is 0 Å². The fraction of sp³-hybridized carbons (Fsp3) is 0.462. The largest absolute Gasteiger partial charge is 0.417 e. The lowest BCUT2D eigenvalue weighted by atomic mass is 9.78. The summed E-state index contributed by atoms with van der Waals surface area (Å²) in [6.45, 7) is 3.67. The van der Waals surface area contributed by atoms with Gasteiger partial charge in [-0.2, -0.15) is 18.4 Å². The number of hydrogen-bond acceptors (Lipinski definition) is 5. The summed E-state index contributed by atoms with van der Waals surface area (Å²) in [5.41, 5.74) is 0.319. The van der Waals surface area contributed by atoms with Gasteiger partial charge in [-0.3, -0.25) is 14.6 Å². The highest BCUT2D eigenvalue weighted by Gasteiger charge is 2.43. The van der Waals surface area contributed by atoms with Crippen molar-refractivity contribution < 1.29 is 22.8 Å². The summed E-state index contributed by atoms with van der Waals surface area (Å²) in [7, 11) is 1.56. The smallest absolute Gasteiger partial charge is 0.370 e. The molecule has 2 aliphatic heterocycles. The van der Waals surface area contributed by atoms with Gasteiger partial charge in [0.25, 0.3) is 5.91 Å². The van der Waals surface area contributed by atoms with Crippen LogP contribution in [0.4, 0.5) is 18.9 Å². The molecular weight excluding hydrogens is 471 g/mol. The summed E-state index contributed by atoms with van der Waals surface area (Å²) < 4.78 is 40.5. The number of nitrogens with zero attached hydrogens (tertiary/aromatic N) is 4. The van der Waals surface area contributed by atoms with Crippen LogP contribution in [-0.2, 0) is 11.0 Å². The number of anilines is 1. The fourth-order valence-corrected chi connectivity index (χ4v) is 5.35. The first kappa shape index (κ1) is 25.5. The molecule has 1 N–H and O–H groups in total. The third-order valence-corrected chi connectivity index (χ3v) is 7.33. The molecule has 2 atom stereocenters. The van der Waals surface area contributed by atoms with Crippen molar-refractivity contribution in [2.75, 3.05) is 38.1 Å². The van der Waals surface area contributed by atoms with Crippen LogP contribution in [0.15, 0.2) is 36.5 Å². The SMILES string of the molecule is CNC(=O)[C@@H]1CN(c2ccc(C#N)c(C(F)(F)F)c2)C[C@H]1C1CCN(C(=O)c2ccc(C)nc2)CC1. The van der Waals surface area contributed by atoms with Crippen LogP contribution < -0.4 is 10.2 Å². The van der Waals surface area contributed by atoms with E-state index in [2.05, 4.69) is 10.3 Å². The molecule has 3 heterocycles. The molecule has 0 aliphatic carbocycles. The summed E-state index contributed by atoms with van der Waals surface area (Å²) in [6, 6.07) is 8.86. The molecule has 190 valence electrons. The highest BCUT2D eigenvalue weighted by molar-refractivity contribution is 5.94. The van der Waals surface area contributed by atoms with Crippen molar-refractivity contribution in [3.05, 3.63) is 58.9 Å². The topological polar surface area (TPSA) is 89.3 Å². The highest BCUT2D eigenvalue weighted by atomic mass is 19.4. The lowest BCUT2D eigenvalue weighted by molar-refractivity contribution is -0.137. The number of aromatic nitrogens is 1. The number of nitriles is 1.